The van der Waals surface area contributed by atoms with E-state index in [1.165, 1.54) is 57.8 Å². The third kappa shape index (κ3) is 12.7. The Morgan fingerprint density at radius 2 is 0.821 bits per heavy atom. The standard InChI is InChI=1S/C23H50NO2S.ClH/c1-5-9-13-16-20-24(21-17-14-10-6-2,22-18-15-11-7-3)27(25,26)23-19-12-8-4;/h5-23H2,1-4H3;1H/q+1;/p-1. The predicted octanol–water partition coefficient (Wildman–Crippen LogP) is 4.07. The van der Waals surface area contributed by atoms with Crippen LogP contribution in [0.2, 0.25) is 0 Å². The topological polar surface area (TPSA) is 34.1 Å². The van der Waals surface area contributed by atoms with E-state index >= 15 is 0 Å². The maximum Gasteiger partial charge on any atom is 0.297 e. The molecule has 0 aliphatic heterocycles. The van der Waals surface area contributed by atoms with E-state index in [-0.39, 0.29) is 12.4 Å². The van der Waals surface area contributed by atoms with E-state index in [1.807, 2.05) is 0 Å². The average molecular weight is 440 g/mol. The van der Waals surface area contributed by atoms with E-state index in [1.54, 1.807) is 0 Å². The van der Waals surface area contributed by atoms with Crippen LogP contribution < -0.4 is 12.4 Å². The molecule has 0 aromatic carbocycles. The number of rotatable bonds is 20. The molecular weight excluding hydrogens is 390 g/mol. The Balaban J connectivity index is 0. The largest absolute Gasteiger partial charge is 1.00 e. The Morgan fingerprint density at radius 3 is 1.14 bits per heavy atom. The molecular formula is C23H50ClNO2S. The van der Waals surface area contributed by atoms with Crippen molar-refractivity contribution in [3.63, 3.8) is 0 Å². The molecule has 0 aromatic heterocycles. The maximum atomic E-state index is 13.5. The predicted molar refractivity (Wildman–Crippen MR) is 121 cm³/mol. The van der Waals surface area contributed by atoms with Gasteiger partial charge in [0.25, 0.3) is 10.0 Å². The molecule has 0 bridgehead atoms. The molecule has 0 heterocycles. The van der Waals surface area contributed by atoms with Crippen molar-refractivity contribution in [3.8, 4) is 0 Å². The van der Waals surface area contributed by atoms with E-state index in [2.05, 4.69) is 27.7 Å². The van der Waals surface area contributed by atoms with Crippen molar-refractivity contribution in [2.45, 2.75) is 124 Å². The van der Waals surface area contributed by atoms with E-state index < -0.39 is 10.0 Å². The lowest BCUT2D eigenvalue weighted by atomic mass is 10.1. The van der Waals surface area contributed by atoms with Gasteiger partial charge in [-0.1, -0.05) is 79.1 Å². The van der Waals surface area contributed by atoms with E-state index in [0.29, 0.717) is 9.64 Å². The zero-order valence-electron chi connectivity index (χ0n) is 19.5. The van der Waals surface area contributed by atoms with Gasteiger partial charge in [-0.05, 0) is 44.9 Å². The minimum absolute atomic E-state index is 0. The number of halogens is 1. The van der Waals surface area contributed by atoms with Crippen LogP contribution in [0, 0.1) is 0 Å². The van der Waals surface area contributed by atoms with Crippen molar-refractivity contribution in [1.82, 2.24) is 0 Å². The summed E-state index contributed by atoms with van der Waals surface area (Å²) in [5, 5.41) is 0. The quantitative estimate of drug-likeness (QED) is 0.211. The van der Waals surface area contributed by atoms with Crippen LogP contribution in [0.25, 0.3) is 0 Å². The first-order valence-electron chi connectivity index (χ1n) is 12.1. The lowest BCUT2D eigenvalue weighted by molar-refractivity contribution is -0.807. The van der Waals surface area contributed by atoms with Crippen LogP contribution in [0.4, 0.5) is 0 Å². The van der Waals surface area contributed by atoms with Gasteiger partial charge in [0.05, 0.1) is 19.6 Å². The number of sulfonamides is 1. The van der Waals surface area contributed by atoms with Crippen LogP contribution in [0.1, 0.15) is 124 Å². The lowest BCUT2D eigenvalue weighted by Gasteiger charge is -2.37. The van der Waals surface area contributed by atoms with Gasteiger partial charge in [0.15, 0.2) is 0 Å². The van der Waals surface area contributed by atoms with Gasteiger partial charge in [0.2, 0.25) is 0 Å². The van der Waals surface area contributed by atoms with Crippen LogP contribution in [-0.4, -0.2) is 37.7 Å². The third-order valence-corrected chi connectivity index (χ3v) is 8.39. The smallest absolute Gasteiger partial charge is 0.297 e. The van der Waals surface area contributed by atoms with Crippen LogP contribution in [0.5, 0.6) is 0 Å². The minimum Gasteiger partial charge on any atom is -1.00 e. The minimum atomic E-state index is -3.08. The average Bonchev–Trinajstić information content (AvgIpc) is 2.65. The Bertz CT molecular complexity index is 395. The SMILES string of the molecule is CCCCCC[N+](CCCCCC)(CCCCCC)S(=O)(=O)CCCCC.[Cl-]. The second-order valence-corrected chi connectivity index (χ2v) is 10.8. The summed E-state index contributed by atoms with van der Waals surface area (Å²) in [5.41, 5.74) is 0. The van der Waals surface area contributed by atoms with Crippen molar-refractivity contribution >= 4 is 10.0 Å². The molecule has 28 heavy (non-hydrogen) atoms. The van der Waals surface area contributed by atoms with Crippen LogP contribution >= 0.6 is 0 Å². The van der Waals surface area contributed by atoms with Gasteiger partial charge < -0.3 is 12.4 Å². The second kappa shape index (κ2) is 19.2. The highest BCUT2D eigenvalue weighted by atomic mass is 35.5. The second-order valence-electron chi connectivity index (χ2n) is 8.40. The molecule has 0 rings (SSSR count). The zero-order chi connectivity index (χ0) is 20.4. The van der Waals surface area contributed by atoms with Crippen molar-refractivity contribution < 1.29 is 24.7 Å². The van der Waals surface area contributed by atoms with E-state index in [0.717, 1.165) is 58.2 Å². The van der Waals surface area contributed by atoms with Crippen molar-refractivity contribution in [2.24, 2.45) is 0 Å². The molecule has 0 aromatic rings. The van der Waals surface area contributed by atoms with Crippen molar-refractivity contribution in [3.05, 3.63) is 0 Å². The normalized spacial score (nSPS) is 12.1. The Labute approximate surface area is 184 Å². The third-order valence-electron chi connectivity index (χ3n) is 5.85. The van der Waals surface area contributed by atoms with Gasteiger partial charge in [-0.15, -0.1) is 0 Å². The Kier molecular flexibility index (Phi) is 20.8. The fourth-order valence-corrected chi connectivity index (χ4v) is 6.14. The molecule has 0 aliphatic carbocycles. The van der Waals surface area contributed by atoms with Crippen LogP contribution in [0.3, 0.4) is 0 Å². The molecule has 0 saturated carbocycles. The molecule has 0 N–H and O–H groups in total. The van der Waals surface area contributed by atoms with Gasteiger partial charge in [-0.2, -0.15) is 8.42 Å². The highest BCUT2D eigenvalue weighted by Gasteiger charge is 2.39. The van der Waals surface area contributed by atoms with Gasteiger partial charge in [-0.25, -0.2) is 3.89 Å². The summed E-state index contributed by atoms with van der Waals surface area (Å²) in [6, 6.07) is 0. The molecule has 0 aliphatic rings. The van der Waals surface area contributed by atoms with Crippen LogP contribution in [0.15, 0.2) is 0 Å². The fourth-order valence-electron chi connectivity index (χ4n) is 3.96. The molecule has 5 heteroatoms. The summed E-state index contributed by atoms with van der Waals surface area (Å²) in [5.74, 6) is 0.385. The van der Waals surface area contributed by atoms with Gasteiger partial charge in [0.1, 0.15) is 5.75 Å². The molecule has 3 nitrogen and oxygen atoms in total. The van der Waals surface area contributed by atoms with Gasteiger partial charge in [0, 0.05) is 0 Å². The first kappa shape index (κ1) is 30.4. The molecule has 0 radical (unpaired) electrons. The van der Waals surface area contributed by atoms with Crippen LogP contribution in [-0.2, 0) is 10.0 Å². The first-order chi connectivity index (χ1) is 13.0. The fraction of sp³-hybridized carbons (Fsp3) is 1.00. The Hall–Kier alpha value is 0.200. The molecule has 0 amide bonds. The Morgan fingerprint density at radius 1 is 0.500 bits per heavy atom. The molecule has 0 unspecified atom stereocenters. The summed E-state index contributed by atoms with van der Waals surface area (Å²) in [6.07, 6.45) is 16.9. The monoisotopic (exact) mass is 439 g/mol. The number of quaternary nitrogens is 1. The molecule has 172 valence electrons. The van der Waals surface area contributed by atoms with E-state index in [4.69, 9.17) is 0 Å². The highest BCUT2D eigenvalue weighted by molar-refractivity contribution is 7.85. The summed E-state index contributed by atoms with van der Waals surface area (Å²) in [4.78, 5) is 0. The molecule has 0 spiro atoms. The molecule has 0 saturated heterocycles. The zero-order valence-corrected chi connectivity index (χ0v) is 21.1. The van der Waals surface area contributed by atoms with Gasteiger partial charge >= 0.3 is 0 Å². The summed E-state index contributed by atoms with van der Waals surface area (Å²) in [6.45, 7) is 11.3. The number of unbranched alkanes of at least 4 members (excludes halogenated alkanes) is 11. The summed E-state index contributed by atoms with van der Waals surface area (Å²) < 4.78 is 27.4. The van der Waals surface area contributed by atoms with Crippen molar-refractivity contribution in [2.75, 3.05) is 25.4 Å². The lowest BCUT2D eigenvalue weighted by Crippen LogP contribution is -3.00. The number of nitrogens with zero attached hydrogens (tertiary/aromatic N) is 1. The highest BCUT2D eigenvalue weighted by Crippen LogP contribution is 2.24. The summed E-state index contributed by atoms with van der Waals surface area (Å²) in [7, 11) is -3.08. The number of hydrogen-bond acceptors (Lipinski definition) is 2. The molecule has 0 atom stereocenters. The number of hydrogen-bond donors (Lipinski definition) is 0. The van der Waals surface area contributed by atoms with Gasteiger partial charge in [-0.3, -0.25) is 0 Å². The molecule has 0 fully saturated rings. The summed E-state index contributed by atoms with van der Waals surface area (Å²) >= 11 is 0. The maximum absolute atomic E-state index is 13.5. The van der Waals surface area contributed by atoms with E-state index in [9.17, 15) is 8.42 Å². The first-order valence-corrected chi connectivity index (χ1v) is 13.7. The van der Waals surface area contributed by atoms with Crippen molar-refractivity contribution in [1.29, 1.82) is 0 Å².